The lowest BCUT2D eigenvalue weighted by molar-refractivity contribution is -0.118. The van der Waals surface area contributed by atoms with Crippen LogP contribution in [0.1, 0.15) is 23.6 Å². The van der Waals surface area contributed by atoms with Crippen molar-refractivity contribution in [1.29, 1.82) is 0 Å². The summed E-state index contributed by atoms with van der Waals surface area (Å²) in [5.41, 5.74) is 4.19. The normalized spacial score (nSPS) is 14.3. The van der Waals surface area contributed by atoms with E-state index in [1.165, 1.54) is 16.7 Å². The van der Waals surface area contributed by atoms with E-state index < -0.39 is 0 Å². The van der Waals surface area contributed by atoms with E-state index in [4.69, 9.17) is 33.3 Å². The van der Waals surface area contributed by atoms with Crippen molar-refractivity contribution in [2.45, 2.75) is 20.8 Å². The Hall–Kier alpha value is -3.33. The molecule has 6 nitrogen and oxygen atoms in total. The molecule has 0 aliphatic carbocycles. The van der Waals surface area contributed by atoms with Crippen LogP contribution in [0.4, 0.5) is 11.4 Å². The number of nitrogens with zero attached hydrogens (tertiary/aromatic N) is 1. The highest BCUT2D eigenvalue weighted by Gasteiger charge is 2.33. The molecule has 0 bridgehead atoms. The number of aryl methyl sites for hydroxylation is 2. The second-order valence-electron chi connectivity index (χ2n) is 8.29. The number of thioether (sulfide) groups is 1. The zero-order valence-electron chi connectivity index (χ0n) is 20.5. The smallest absolute Gasteiger partial charge is 0.270 e. The zero-order chi connectivity index (χ0) is 26.5. The molecule has 1 aliphatic rings. The maximum atomic E-state index is 13.1. The predicted octanol–water partition coefficient (Wildman–Crippen LogP) is 6.78. The minimum atomic E-state index is -0.272. The second-order valence-corrected chi connectivity index (χ2v) is 10.4. The molecule has 0 atom stereocenters. The van der Waals surface area contributed by atoms with Gasteiger partial charge in [0.25, 0.3) is 11.8 Å². The summed E-state index contributed by atoms with van der Waals surface area (Å²) in [7, 11) is 0. The first-order valence-corrected chi connectivity index (χ1v) is 13.2. The lowest BCUT2D eigenvalue weighted by Crippen LogP contribution is -2.27. The van der Waals surface area contributed by atoms with Gasteiger partial charge < -0.3 is 14.8 Å². The van der Waals surface area contributed by atoms with Crippen LogP contribution in [0, 0.1) is 13.8 Å². The third-order valence-electron chi connectivity index (χ3n) is 5.47. The van der Waals surface area contributed by atoms with Gasteiger partial charge in [0.1, 0.15) is 0 Å². The van der Waals surface area contributed by atoms with E-state index in [-0.39, 0.29) is 18.4 Å². The van der Waals surface area contributed by atoms with E-state index in [9.17, 15) is 9.59 Å². The molecule has 0 spiro atoms. The number of hydrogen-bond donors (Lipinski definition) is 1. The van der Waals surface area contributed by atoms with E-state index in [2.05, 4.69) is 5.32 Å². The fraction of sp³-hybridized carbons (Fsp3) is 0.179. The highest BCUT2D eigenvalue weighted by Crippen LogP contribution is 2.37. The van der Waals surface area contributed by atoms with Crippen molar-refractivity contribution in [2.75, 3.05) is 23.4 Å². The van der Waals surface area contributed by atoms with Crippen molar-refractivity contribution >= 4 is 69.2 Å². The van der Waals surface area contributed by atoms with Crippen LogP contribution in [0.2, 0.25) is 5.02 Å². The van der Waals surface area contributed by atoms with E-state index in [1.54, 1.807) is 48.5 Å². The van der Waals surface area contributed by atoms with Crippen molar-refractivity contribution < 1.29 is 19.1 Å². The summed E-state index contributed by atoms with van der Waals surface area (Å²) in [4.78, 5) is 27.5. The van der Waals surface area contributed by atoms with E-state index in [0.29, 0.717) is 38.0 Å². The maximum Gasteiger partial charge on any atom is 0.270 e. The Morgan fingerprint density at radius 3 is 2.54 bits per heavy atom. The molecule has 0 unspecified atom stereocenters. The Morgan fingerprint density at radius 2 is 1.81 bits per heavy atom. The Morgan fingerprint density at radius 1 is 1.05 bits per heavy atom. The molecule has 4 rings (SSSR count). The largest absolute Gasteiger partial charge is 0.490 e. The molecular weight excluding hydrogens is 528 g/mol. The number of ether oxygens (including phenoxy) is 2. The predicted molar refractivity (Wildman–Crippen MR) is 155 cm³/mol. The number of carbonyl (C=O) groups excluding carboxylic acids is 2. The Labute approximate surface area is 230 Å². The number of benzene rings is 3. The molecule has 1 N–H and O–H groups in total. The van der Waals surface area contributed by atoms with Gasteiger partial charge in [0.2, 0.25) is 0 Å². The lowest BCUT2D eigenvalue weighted by atomic mass is 10.1. The minimum Gasteiger partial charge on any atom is -0.490 e. The maximum absolute atomic E-state index is 13.1. The summed E-state index contributed by atoms with van der Waals surface area (Å²) < 4.78 is 12.0. The van der Waals surface area contributed by atoms with Gasteiger partial charge >= 0.3 is 0 Å². The Kier molecular flexibility index (Phi) is 8.53. The molecule has 1 heterocycles. The molecule has 9 heteroatoms. The number of amides is 2. The van der Waals surface area contributed by atoms with Crippen LogP contribution in [0.15, 0.2) is 65.6 Å². The van der Waals surface area contributed by atoms with Crippen LogP contribution in [0.5, 0.6) is 11.5 Å². The minimum absolute atomic E-state index is 0.174. The molecule has 190 valence electrons. The van der Waals surface area contributed by atoms with Crippen molar-refractivity contribution in [2.24, 2.45) is 0 Å². The second kappa shape index (κ2) is 11.8. The summed E-state index contributed by atoms with van der Waals surface area (Å²) >= 11 is 12.6. The van der Waals surface area contributed by atoms with Crippen LogP contribution < -0.4 is 19.7 Å². The quantitative estimate of drug-likeness (QED) is 0.245. The standard InChI is InChI=1S/C28H25ClN2O4S2/c1-4-34-24-14-19(15-25-27(33)31(28(36)37-25)21-10-8-20(29)9-11-21)7-12-23(24)35-16-26(32)30-22-13-17(2)5-6-18(22)3/h5-15H,4,16H2,1-3H3,(H,30,32)/b25-15-. The molecule has 1 fully saturated rings. The van der Waals surface area contributed by atoms with E-state index >= 15 is 0 Å². The number of hydrogen-bond acceptors (Lipinski definition) is 6. The van der Waals surface area contributed by atoms with E-state index in [0.717, 1.165) is 22.4 Å². The summed E-state index contributed by atoms with van der Waals surface area (Å²) in [6.45, 7) is 6.00. The summed E-state index contributed by atoms with van der Waals surface area (Å²) in [6.07, 6.45) is 1.76. The number of thiocarbonyl (C=S) groups is 1. The first kappa shape index (κ1) is 26.7. The average Bonchev–Trinajstić information content (AvgIpc) is 3.14. The number of rotatable bonds is 8. The van der Waals surface area contributed by atoms with Crippen LogP contribution in [-0.2, 0) is 9.59 Å². The number of carbonyl (C=O) groups is 2. The van der Waals surface area contributed by atoms with Crippen molar-refractivity contribution in [1.82, 2.24) is 0 Å². The van der Waals surface area contributed by atoms with E-state index in [1.807, 2.05) is 39.0 Å². The summed E-state index contributed by atoms with van der Waals surface area (Å²) in [5, 5.41) is 3.47. The molecule has 37 heavy (non-hydrogen) atoms. The molecule has 3 aromatic rings. The molecule has 0 saturated carbocycles. The van der Waals surface area contributed by atoms with Crippen LogP contribution in [0.3, 0.4) is 0 Å². The van der Waals surface area contributed by atoms with Gasteiger partial charge in [-0.15, -0.1) is 0 Å². The summed E-state index contributed by atoms with van der Waals surface area (Å²) in [5.74, 6) is 0.428. The third-order valence-corrected chi connectivity index (χ3v) is 7.02. The van der Waals surface area contributed by atoms with Gasteiger partial charge in [0.15, 0.2) is 22.4 Å². The van der Waals surface area contributed by atoms with Gasteiger partial charge in [-0.1, -0.05) is 53.8 Å². The molecule has 3 aromatic carbocycles. The number of nitrogens with one attached hydrogen (secondary N) is 1. The summed E-state index contributed by atoms with van der Waals surface area (Å²) in [6, 6.07) is 18.1. The van der Waals surface area contributed by atoms with Crippen molar-refractivity contribution in [3.63, 3.8) is 0 Å². The fourth-order valence-electron chi connectivity index (χ4n) is 3.63. The molecular formula is C28H25ClN2O4S2. The van der Waals surface area contributed by atoms with Crippen molar-refractivity contribution in [3.05, 3.63) is 87.3 Å². The topological polar surface area (TPSA) is 67.9 Å². The van der Waals surface area contributed by atoms with Gasteiger partial charge in [0.05, 0.1) is 17.2 Å². The molecule has 1 saturated heterocycles. The third kappa shape index (κ3) is 6.52. The Bertz CT molecular complexity index is 1390. The number of halogens is 1. The molecule has 0 aromatic heterocycles. The zero-order valence-corrected chi connectivity index (χ0v) is 22.9. The van der Waals surface area contributed by atoms with Gasteiger partial charge in [-0.3, -0.25) is 14.5 Å². The Balaban J connectivity index is 1.48. The number of anilines is 2. The first-order chi connectivity index (χ1) is 17.7. The van der Waals surface area contributed by atoms with Gasteiger partial charge in [-0.05, 0) is 86.0 Å². The average molecular weight is 553 g/mol. The lowest BCUT2D eigenvalue weighted by Gasteiger charge is -2.14. The highest BCUT2D eigenvalue weighted by atomic mass is 35.5. The van der Waals surface area contributed by atoms with Gasteiger partial charge in [-0.2, -0.15) is 0 Å². The fourth-order valence-corrected chi connectivity index (χ4v) is 5.06. The molecule has 0 radical (unpaired) electrons. The van der Waals surface area contributed by atoms with Crippen LogP contribution in [-0.4, -0.2) is 29.3 Å². The van der Waals surface area contributed by atoms with Gasteiger partial charge in [0, 0.05) is 10.7 Å². The molecule has 1 aliphatic heterocycles. The molecule has 2 amide bonds. The van der Waals surface area contributed by atoms with Gasteiger partial charge in [-0.25, -0.2) is 0 Å². The van der Waals surface area contributed by atoms with Crippen LogP contribution in [0.25, 0.3) is 6.08 Å². The van der Waals surface area contributed by atoms with Crippen LogP contribution >= 0.6 is 35.6 Å². The first-order valence-electron chi connectivity index (χ1n) is 11.6. The SMILES string of the molecule is CCOc1cc(/C=C2\SC(=S)N(c3ccc(Cl)cc3)C2=O)ccc1OCC(=O)Nc1cc(C)ccc1C. The monoisotopic (exact) mass is 552 g/mol. The highest BCUT2D eigenvalue weighted by molar-refractivity contribution is 8.27. The van der Waals surface area contributed by atoms with Crippen molar-refractivity contribution in [3.8, 4) is 11.5 Å².